The minimum atomic E-state index is -0.301. The number of benzene rings is 2. The lowest BCUT2D eigenvalue weighted by molar-refractivity contribution is -0.117. The Balaban J connectivity index is 1.55. The molecule has 0 saturated carbocycles. The number of nitrogens with zero attached hydrogens (tertiary/aromatic N) is 2. The topological polar surface area (TPSA) is 47.6 Å². The summed E-state index contributed by atoms with van der Waals surface area (Å²) in [5, 5.41) is 6.96. The van der Waals surface area contributed by atoms with E-state index in [0.717, 1.165) is 56.8 Å². The zero-order valence-electron chi connectivity index (χ0n) is 18.6. The molecular formula is C24H30BrFN4OS. The molecule has 1 saturated heterocycles. The summed E-state index contributed by atoms with van der Waals surface area (Å²) in [5.74, 6) is -0.283. The molecule has 1 aliphatic heterocycles. The number of halogens is 2. The van der Waals surface area contributed by atoms with Gasteiger partial charge in [0.2, 0.25) is 5.91 Å². The summed E-state index contributed by atoms with van der Waals surface area (Å²) in [7, 11) is 0. The molecule has 1 amide bonds. The highest BCUT2D eigenvalue weighted by Crippen LogP contribution is 2.24. The molecule has 0 atom stereocenters. The molecule has 1 fully saturated rings. The molecule has 0 radical (unpaired) electrons. The molecule has 0 bridgehead atoms. The van der Waals surface area contributed by atoms with Gasteiger partial charge in [0.05, 0.1) is 12.2 Å². The highest BCUT2D eigenvalue weighted by atomic mass is 79.9. The van der Waals surface area contributed by atoms with Crippen LogP contribution in [-0.2, 0) is 17.6 Å². The molecule has 0 aliphatic carbocycles. The third-order valence-electron chi connectivity index (χ3n) is 5.68. The van der Waals surface area contributed by atoms with E-state index in [1.807, 2.05) is 0 Å². The van der Waals surface area contributed by atoms with Crippen LogP contribution in [0.3, 0.4) is 0 Å². The van der Waals surface area contributed by atoms with E-state index in [1.54, 1.807) is 6.07 Å². The van der Waals surface area contributed by atoms with E-state index in [2.05, 4.69) is 68.4 Å². The van der Waals surface area contributed by atoms with Crippen LogP contribution in [0.1, 0.15) is 31.4 Å². The standard InChI is InChI=1S/C24H30BrFN4OS/c1-3-17-7-5-8-18(4-2)23(17)28-22(31)16-29-11-6-12-30(14-13-29)24(32)27-21-10-9-19(26)15-20(21)25/h5,7-10,15H,3-4,6,11-14,16H2,1-2H3,(H,27,32)(H,28,31). The number of carbonyl (C=O) groups excluding carboxylic acids is 1. The van der Waals surface area contributed by atoms with E-state index in [-0.39, 0.29) is 11.7 Å². The molecule has 2 aromatic rings. The van der Waals surface area contributed by atoms with Gasteiger partial charge in [0.25, 0.3) is 0 Å². The van der Waals surface area contributed by atoms with Gasteiger partial charge in [-0.3, -0.25) is 9.69 Å². The number of nitrogens with one attached hydrogen (secondary N) is 2. The van der Waals surface area contributed by atoms with E-state index in [1.165, 1.54) is 23.3 Å². The van der Waals surface area contributed by atoms with Gasteiger partial charge >= 0.3 is 0 Å². The van der Waals surface area contributed by atoms with Crippen molar-refractivity contribution in [2.24, 2.45) is 0 Å². The van der Waals surface area contributed by atoms with Crippen LogP contribution in [0.15, 0.2) is 40.9 Å². The molecular weight excluding hydrogens is 491 g/mol. The molecule has 172 valence electrons. The highest BCUT2D eigenvalue weighted by molar-refractivity contribution is 9.10. The number of anilines is 2. The zero-order valence-corrected chi connectivity index (χ0v) is 21.0. The lowest BCUT2D eigenvalue weighted by atomic mass is 10.0. The second-order valence-electron chi connectivity index (χ2n) is 7.88. The van der Waals surface area contributed by atoms with Gasteiger partial charge in [0, 0.05) is 36.3 Å². The number of thiocarbonyl (C=S) groups is 1. The van der Waals surface area contributed by atoms with Crippen LogP contribution >= 0.6 is 28.1 Å². The number of rotatable bonds is 6. The van der Waals surface area contributed by atoms with Crippen molar-refractivity contribution in [2.45, 2.75) is 33.1 Å². The van der Waals surface area contributed by atoms with Crippen LogP contribution in [0.4, 0.5) is 15.8 Å². The van der Waals surface area contributed by atoms with Crippen molar-refractivity contribution >= 4 is 50.5 Å². The summed E-state index contributed by atoms with van der Waals surface area (Å²) in [5.41, 5.74) is 4.04. The average Bonchev–Trinajstić information content (AvgIpc) is 3.01. The first-order valence-electron chi connectivity index (χ1n) is 11.0. The predicted molar refractivity (Wildman–Crippen MR) is 137 cm³/mol. The van der Waals surface area contributed by atoms with Crippen molar-refractivity contribution in [1.29, 1.82) is 0 Å². The quantitative estimate of drug-likeness (QED) is 0.521. The Bertz CT molecular complexity index is 949. The molecule has 0 aromatic heterocycles. The van der Waals surface area contributed by atoms with Crippen LogP contribution in [-0.4, -0.2) is 53.5 Å². The summed E-state index contributed by atoms with van der Waals surface area (Å²) in [6.45, 7) is 7.69. The van der Waals surface area contributed by atoms with Crippen molar-refractivity contribution in [1.82, 2.24) is 9.80 Å². The molecule has 1 heterocycles. The first-order valence-corrected chi connectivity index (χ1v) is 12.2. The van der Waals surface area contributed by atoms with Crippen LogP contribution in [0.2, 0.25) is 0 Å². The Morgan fingerprint density at radius 1 is 1.06 bits per heavy atom. The maximum atomic E-state index is 13.3. The molecule has 8 heteroatoms. The molecule has 2 aromatic carbocycles. The van der Waals surface area contributed by atoms with Crippen molar-refractivity contribution in [3.05, 3.63) is 57.8 Å². The summed E-state index contributed by atoms with van der Waals surface area (Å²) in [6, 6.07) is 10.7. The van der Waals surface area contributed by atoms with E-state index in [9.17, 15) is 9.18 Å². The van der Waals surface area contributed by atoms with Crippen LogP contribution in [0.25, 0.3) is 0 Å². The Morgan fingerprint density at radius 2 is 1.78 bits per heavy atom. The summed E-state index contributed by atoms with van der Waals surface area (Å²) >= 11 is 8.95. The lowest BCUT2D eigenvalue weighted by Crippen LogP contribution is -2.39. The first-order chi connectivity index (χ1) is 15.4. The molecule has 32 heavy (non-hydrogen) atoms. The Hall–Kier alpha value is -2.03. The van der Waals surface area contributed by atoms with E-state index >= 15 is 0 Å². The van der Waals surface area contributed by atoms with Gasteiger partial charge in [-0.25, -0.2) is 4.39 Å². The Labute approximate surface area is 203 Å². The molecule has 0 spiro atoms. The van der Waals surface area contributed by atoms with Gasteiger partial charge in [0.1, 0.15) is 5.82 Å². The second-order valence-corrected chi connectivity index (χ2v) is 9.12. The lowest BCUT2D eigenvalue weighted by Gasteiger charge is -2.25. The molecule has 5 nitrogen and oxygen atoms in total. The number of hydrogen-bond acceptors (Lipinski definition) is 3. The second kappa shape index (κ2) is 11.7. The fourth-order valence-corrected chi connectivity index (χ4v) is 4.64. The predicted octanol–water partition coefficient (Wildman–Crippen LogP) is 5.06. The van der Waals surface area contributed by atoms with Crippen LogP contribution in [0.5, 0.6) is 0 Å². The summed E-state index contributed by atoms with van der Waals surface area (Å²) < 4.78 is 14.0. The third kappa shape index (κ3) is 6.49. The van der Waals surface area contributed by atoms with Crippen LogP contribution in [0, 0.1) is 5.82 Å². The highest BCUT2D eigenvalue weighted by Gasteiger charge is 2.20. The minimum absolute atomic E-state index is 0.0185. The number of aryl methyl sites for hydroxylation is 2. The Morgan fingerprint density at radius 3 is 2.44 bits per heavy atom. The largest absolute Gasteiger partial charge is 0.348 e. The fraction of sp³-hybridized carbons (Fsp3) is 0.417. The number of amides is 1. The minimum Gasteiger partial charge on any atom is -0.348 e. The third-order valence-corrected chi connectivity index (χ3v) is 6.70. The molecule has 0 unspecified atom stereocenters. The normalized spacial score (nSPS) is 14.7. The maximum absolute atomic E-state index is 13.3. The fourth-order valence-electron chi connectivity index (χ4n) is 3.90. The first kappa shape index (κ1) is 24.6. The van der Waals surface area contributed by atoms with Crippen molar-refractivity contribution < 1.29 is 9.18 Å². The zero-order chi connectivity index (χ0) is 23.1. The van der Waals surface area contributed by atoms with E-state index < -0.39 is 0 Å². The van der Waals surface area contributed by atoms with Gasteiger partial charge in [-0.05, 0) is 76.7 Å². The monoisotopic (exact) mass is 520 g/mol. The van der Waals surface area contributed by atoms with E-state index in [0.29, 0.717) is 16.1 Å². The maximum Gasteiger partial charge on any atom is 0.238 e. The van der Waals surface area contributed by atoms with Gasteiger partial charge < -0.3 is 15.5 Å². The SMILES string of the molecule is CCc1cccc(CC)c1NC(=O)CN1CCCN(C(=S)Nc2ccc(F)cc2Br)CC1. The molecule has 1 aliphatic rings. The van der Waals surface area contributed by atoms with Gasteiger partial charge in [-0.15, -0.1) is 0 Å². The number of carbonyl (C=O) groups is 1. The van der Waals surface area contributed by atoms with Crippen molar-refractivity contribution in [2.75, 3.05) is 43.4 Å². The van der Waals surface area contributed by atoms with E-state index in [4.69, 9.17) is 12.2 Å². The number of para-hydroxylation sites is 1. The van der Waals surface area contributed by atoms with Crippen molar-refractivity contribution in [3.8, 4) is 0 Å². The Kier molecular flexibility index (Phi) is 9.02. The number of hydrogen-bond donors (Lipinski definition) is 2. The van der Waals surface area contributed by atoms with Gasteiger partial charge in [0.15, 0.2) is 5.11 Å². The average molecular weight is 522 g/mol. The molecule has 3 rings (SSSR count). The smallest absolute Gasteiger partial charge is 0.238 e. The molecule has 2 N–H and O–H groups in total. The van der Waals surface area contributed by atoms with Crippen LogP contribution < -0.4 is 10.6 Å². The van der Waals surface area contributed by atoms with Gasteiger partial charge in [-0.1, -0.05) is 32.0 Å². The summed E-state index contributed by atoms with van der Waals surface area (Å²) in [6.07, 6.45) is 2.68. The summed E-state index contributed by atoms with van der Waals surface area (Å²) in [4.78, 5) is 17.1. The van der Waals surface area contributed by atoms with Crippen molar-refractivity contribution in [3.63, 3.8) is 0 Å². The van der Waals surface area contributed by atoms with Gasteiger partial charge in [-0.2, -0.15) is 0 Å².